The van der Waals surface area contributed by atoms with E-state index in [1.54, 1.807) is 0 Å². The van der Waals surface area contributed by atoms with Crippen LogP contribution in [0.4, 0.5) is 0 Å². The van der Waals surface area contributed by atoms with Crippen LogP contribution in [0, 0.1) is 5.92 Å². The van der Waals surface area contributed by atoms with Gasteiger partial charge in [0, 0.05) is 24.8 Å². The van der Waals surface area contributed by atoms with Crippen molar-refractivity contribution < 1.29 is 24.3 Å². The maximum Gasteiger partial charge on any atom is 0.326 e. The third-order valence-electron chi connectivity index (χ3n) is 6.52. The predicted molar refractivity (Wildman–Crippen MR) is 137 cm³/mol. The van der Waals surface area contributed by atoms with Crippen molar-refractivity contribution in [2.75, 3.05) is 31.9 Å². The molecule has 0 saturated carbocycles. The number of amides is 2. The van der Waals surface area contributed by atoms with Crippen molar-refractivity contribution >= 4 is 57.9 Å². The van der Waals surface area contributed by atoms with Crippen LogP contribution in [0.2, 0.25) is 0 Å². The van der Waals surface area contributed by atoms with Crippen molar-refractivity contribution in [2.45, 2.75) is 73.8 Å². The lowest BCUT2D eigenvalue weighted by molar-refractivity contribution is -0.149. The van der Waals surface area contributed by atoms with E-state index in [0.717, 1.165) is 18.2 Å². The van der Waals surface area contributed by atoms with Crippen LogP contribution in [0.15, 0.2) is 0 Å². The maximum atomic E-state index is 13.2. The van der Waals surface area contributed by atoms with E-state index in [2.05, 4.69) is 0 Å². The van der Waals surface area contributed by atoms with E-state index >= 15 is 0 Å². The lowest BCUT2D eigenvalue weighted by Crippen LogP contribution is -2.50. The molecule has 0 spiro atoms. The number of unbranched alkanes of at least 4 members (excludes halogenated alkanes) is 1. The second kappa shape index (κ2) is 14.6. The zero-order valence-corrected chi connectivity index (χ0v) is 22.1. The molecule has 35 heavy (non-hydrogen) atoms. The normalized spacial score (nSPS) is 26.1. The van der Waals surface area contributed by atoms with Crippen LogP contribution < -0.4 is 17.2 Å². The number of nitrogens with zero attached hydrogens (tertiary/aromatic N) is 2. The zero-order chi connectivity index (χ0) is 26.1. The highest BCUT2D eigenvalue weighted by Crippen LogP contribution is 2.33. The molecule has 0 aromatic carbocycles. The number of alkyl halides is 2. The summed E-state index contributed by atoms with van der Waals surface area (Å²) in [6.07, 6.45) is 3.90. The molecule has 0 aromatic rings. The molecular weight excluding hydrogens is 517 g/mol. The third-order valence-corrected chi connectivity index (χ3v) is 8.70. The number of hydrogen-bond acceptors (Lipinski definition) is 8. The van der Waals surface area contributed by atoms with Crippen LogP contribution >= 0.6 is 35.0 Å². The van der Waals surface area contributed by atoms with E-state index in [0.29, 0.717) is 58.2 Å². The van der Waals surface area contributed by atoms with Gasteiger partial charge >= 0.3 is 5.97 Å². The van der Waals surface area contributed by atoms with E-state index in [-0.39, 0.29) is 29.2 Å². The van der Waals surface area contributed by atoms with Crippen LogP contribution in [0.5, 0.6) is 0 Å². The number of carbonyl (C=O) groups is 4. The molecule has 2 amide bonds. The maximum absolute atomic E-state index is 13.2. The van der Waals surface area contributed by atoms with Crippen LogP contribution in [-0.4, -0.2) is 98.6 Å². The Bertz CT molecular complexity index is 764. The standard InChI is InChI=1S/C22H37Cl2N5O5S/c23-14-11-29(20(31)15(27)6-1-2-8-25)18(17(14)24)22(34)35-12-13(5-3-9-26)19(30)28-10-4-7-16(28)21(32)33/h13-18H,1-12,25-27H2,(H,32,33)/t13?,14?,15-,16-,17?,18-/m0/s1. The highest BCUT2D eigenvalue weighted by Gasteiger charge is 2.47. The molecule has 2 rings (SSSR count). The van der Waals surface area contributed by atoms with Gasteiger partial charge in [0.25, 0.3) is 0 Å². The number of likely N-dealkylation sites (tertiary alicyclic amines) is 2. The zero-order valence-electron chi connectivity index (χ0n) is 19.8. The fourth-order valence-corrected chi connectivity index (χ4v) is 6.34. The van der Waals surface area contributed by atoms with Crippen molar-refractivity contribution in [2.24, 2.45) is 23.1 Å². The molecule has 2 aliphatic heterocycles. The summed E-state index contributed by atoms with van der Waals surface area (Å²) >= 11 is 13.7. The van der Waals surface area contributed by atoms with Crippen molar-refractivity contribution in [3.8, 4) is 0 Å². The van der Waals surface area contributed by atoms with Crippen molar-refractivity contribution in [1.29, 1.82) is 0 Å². The number of carboxylic acids is 1. The molecule has 2 aliphatic rings. The summed E-state index contributed by atoms with van der Waals surface area (Å²) in [7, 11) is 0. The number of hydrogen-bond donors (Lipinski definition) is 4. The molecule has 0 radical (unpaired) electrons. The first-order valence-electron chi connectivity index (χ1n) is 12.1. The van der Waals surface area contributed by atoms with E-state index in [9.17, 15) is 24.3 Å². The van der Waals surface area contributed by atoms with Gasteiger partial charge in [-0.1, -0.05) is 18.2 Å². The SMILES string of the molecule is NCCCC[C@H](N)C(=O)N1CC(Cl)C(Cl)[C@H]1C(=O)SCC(CCCN)C(=O)N1CCC[C@H]1C(=O)O. The largest absolute Gasteiger partial charge is 0.480 e. The third kappa shape index (κ3) is 7.93. The Kier molecular flexibility index (Phi) is 12.5. The van der Waals surface area contributed by atoms with Gasteiger partial charge in [0.1, 0.15) is 12.1 Å². The van der Waals surface area contributed by atoms with Crippen LogP contribution in [0.1, 0.15) is 44.9 Å². The lowest BCUT2D eigenvalue weighted by Gasteiger charge is -2.29. The van der Waals surface area contributed by atoms with Crippen LogP contribution in [0.3, 0.4) is 0 Å². The molecule has 7 N–H and O–H groups in total. The predicted octanol–water partition coefficient (Wildman–Crippen LogP) is 0.559. The second-order valence-corrected chi connectivity index (χ2v) is 11.2. The number of carboxylic acid groups (broad SMARTS) is 1. The van der Waals surface area contributed by atoms with Gasteiger partial charge < -0.3 is 32.1 Å². The number of thioether (sulfide) groups is 1. The van der Waals surface area contributed by atoms with Crippen LogP contribution in [0.25, 0.3) is 0 Å². The molecule has 2 fully saturated rings. The average Bonchev–Trinajstić information content (AvgIpc) is 3.43. The Labute approximate surface area is 220 Å². The Balaban J connectivity index is 2.07. The number of halogens is 2. The van der Waals surface area contributed by atoms with Gasteiger partial charge in [-0.2, -0.15) is 0 Å². The molecule has 13 heteroatoms. The topological polar surface area (TPSA) is 173 Å². The first-order chi connectivity index (χ1) is 16.6. The summed E-state index contributed by atoms with van der Waals surface area (Å²) in [4.78, 5) is 53.6. The lowest BCUT2D eigenvalue weighted by atomic mass is 10.0. The van der Waals surface area contributed by atoms with Crippen LogP contribution in [-0.2, 0) is 19.2 Å². The van der Waals surface area contributed by atoms with Crippen molar-refractivity contribution in [3.05, 3.63) is 0 Å². The molecule has 200 valence electrons. The molecule has 10 nitrogen and oxygen atoms in total. The highest BCUT2D eigenvalue weighted by molar-refractivity contribution is 8.13. The minimum absolute atomic E-state index is 0.111. The Morgan fingerprint density at radius 2 is 1.69 bits per heavy atom. The smallest absolute Gasteiger partial charge is 0.326 e. The number of rotatable bonds is 13. The molecule has 0 aromatic heterocycles. The Hall–Kier alpha value is -1.11. The molecule has 0 bridgehead atoms. The van der Waals surface area contributed by atoms with Gasteiger partial charge in [-0.05, 0) is 51.6 Å². The van der Waals surface area contributed by atoms with Gasteiger partial charge in [0.15, 0.2) is 0 Å². The first kappa shape index (κ1) is 30.1. The number of carbonyl (C=O) groups excluding carboxylic acids is 3. The van der Waals surface area contributed by atoms with Gasteiger partial charge in [-0.25, -0.2) is 4.79 Å². The average molecular weight is 555 g/mol. The summed E-state index contributed by atoms with van der Waals surface area (Å²) < 4.78 is 0. The van der Waals surface area contributed by atoms with Gasteiger partial charge in [0.2, 0.25) is 16.9 Å². The van der Waals surface area contributed by atoms with E-state index in [1.807, 2.05) is 0 Å². The van der Waals surface area contributed by atoms with Gasteiger partial charge in [0.05, 0.1) is 16.8 Å². The van der Waals surface area contributed by atoms with E-state index in [1.165, 1.54) is 9.80 Å². The minimum atomic E-state index is -1.03. The molecule has 0 aliphatic carbocycles. The minimum Gasteiger partial charge on any atom is -0.480 e. The fourth-order valence-electron chi connectivity index (χ4n) is 4.53. The summed E-state index contributed by atoms with van der Waals surface area (Å²) in [5, 5.41) is 7.69. The first-order valence-corrected chi connectivity index (χ1v) is 13.9. The summed E-state index contributed by atoms with van der Waals surface area (Å²) in [6, 6.07) is -2.59. The second-order valence-electron chi connectivity index (χ2n) is 9.07. The Morgan fingerprint density at radius 3 is 2.31 bits per heavy atom. The summed E-state index contributed by atoms with van der Waals surface area (Å²) in [5.74, 6) is -2.14. The quantitative estimate of drug-likeness (QED) is 0.187. The fraction of sp³-hybridized carbons (Fsp3) is 0.818. The molecular formula is C22H37Cl2N5O5S. The van der Waals surface area contributed by atoms with E-state index in [4.69, 9.17) is 40.4 Å². The number of nitrogens with two attached hydrogens (primary N) is 3. The van der Waals surface area contributed by atoms with E-state index < -0.39 is 40.8 Å². The molecule has 6 atom stereocenters. The number of aliphatic carboxylic acids is 1. The Morgan fingerprint density at radius 1 is 1.00 bits per heavy atom. The molecule has 2 saturated heterocycles. The summed E-state index contributed by atoms with van der Waals surface area (Å²) in [5.41, 5.74) is 17.2. The monoisotopic (exact) mass is 553 g/mol. The molecule has 2 heterocycles. The highest BCUT2D eigenvalue weighted by atomic mass is 35.5. The van der Waals surface area contributed by atoms with Gasteiger partial charge in [-0.3, -0.25) is 14.4 Å². The van der Waals surface area contributed by atoms with Crippen molar-refractivity contribution in [3.63, 3.8) is 0 Å². The van der Waals surface area contributed by atoms with Crippen molar-refractivity contribution in [1.82, 2.24) is 9.80 Å². The summed E-state index contributed by atoms with van der Waals surface area (Å²) in [6.45, 7) is 1.36. The van der Waals surface area contributed by atoms with Gasteiger partial charge in [-0.15, -0.1) is 23.2 Å². The molecule has 3 unspecified atom stereocenters.